The molecule has 0 spiro atoms. The number of carboxylic acids is 1. The number of rotatable bonds is 10. The van der Waals surface area contributed by atoms with Crippen LogP contribution in [0.2, 0.25) is 0 Å². The number of aryl methyl sites for hydroxylation is 1. The molecule has 0 radical (unpaired) electrons. The van der Waals surface area contributed by atoms with Gasteiger partial charge in [0.05, 0.1) is 12.5 Å². The van der Waals surface area contributed by atoms with Crippen LogP contribution in [0.15, 0.2) is 103 Å². The summed E-state index contributed by atoms with van der Waals surface area (Å²) in [6.45, 7) is 13.5. The Labute approximate surface area is 281 Å². The van der Waals surface area contributed by atoms with Crippen LogP contribution in [-0.4, -0.2) is 45.8 Å². The average molecular weight is 636 g/mol. The van der Waals surface area contributed by atoms with Crippen molar-refractivity contribution in [1.82, 2.24) is 4.90 Å². The molecule has 3 N–H and O–H groups in total. The van der Waals surface area contributed by atoms with Gasteiger partial charge in [-0.25, -0.2) is 0 Å². The Morgan fingerprint density at radius 2 is 1.34 bits per heavy atom. The lowest BCUT2D eigenvalue weighted by molar-refractivity contribution is -0.136. The van der Waals surface area contributed by atoms with E-state index in [2.05, 4.69) is 74.2 Å². The second-order valence-corrected chi connectivity index (χ2v) is 14.1. The number of aliphatic hydroxyl groups excluding tert-OH is 1. The normalized spacial score (nSPS) is 15.0. The summed E-state index contributed by atoms with van der Waals surface area (Å²) in [4.78, 5) is 12.9. The molecular weight excluding hydrogens is 582 g/mol. The lowest BCUT2D eigenvalue weighted by Crippen LogP contribution is -2.44. The lowest BCUT2D eigenvalue weighted by atomic mass is 9.72. The molecule has 1 atom stereocenters. The highest BCUT2D eigenvalue weighted by molar-refractivity contribution is 5.70. The second-order valence-electron chi connectivity index (χ2n) is 14.1. The maximum Gasteiger partial charge on any atom is 0.307 e. The molecule has 1 aliphatic heterocycles. The molecule has 0 aromatic heterocycles. The fourth-order valence-electron chi connectivity index (χ4n) is 6.64. The predicted molar refractivity (Wildman–Crippen MR) is 192 cm³/mol. The summed E-state index contributed by atoms with van der Waals surface area (Å²) in [5.74, 6) is -0.598. The lowest BCUT2D eigenvalue weighted by Gasteiger charge is -2.42. The van der Waals surface area contributed by atoms with Crippen molar-refractivity contribution in [2.75, 3.05) is 19.6 Å². The van der Waals surface area contributed by atoms with E-state index in [9.17, 15) is 15.0 Å². The third kappa shape index (κ3) is 9.63. The van der Waals surface area contributed by atoms with Gasteiger partial charge >= 0.3 is 5.97 Å². The zero-order valence-corrected chi connectivity index (χ0v) is 28.8. The topological polar surface area (TPSA) is 81.0 Å². The van der Waals surface area contributed by atoms with Crippen molar-refractivity contribution in [3.8, 4) is 0 Å². The molecule has 47 heavy (non-hydrogen) atoms. The highest BCUT2D eigenvalue weighted by Gasteiger charge is 2.41. The molecule has 1 unspecified atom stereocenters. The van der Waals surface area contributed by atoms with E-state index in [1.807, 2.05) is 68.4 Å². The van der Waals surface area contributed by atoms with Crippen LogP contribution in [0.4, 0.5) is 0 Å². The third-order valence-corrected chi connectivity index (χ3v) is 9.78. The van der Waals surface area contributed by atoms with Crippen molar-refractivity contribution in [2.45, 2.75) is 83.8 Å². The minimum atomic E-state index is -0.968. The summed E-state index contributed by atoms with van der Waals surface area (Å²) in [5.41, 5.74) is 6.55. The van der Waals surface area contributed by atoms with Crippen molar-refractivity contribution < 1.29 is 20.1 Å². The van der Waals surface area contributed by atoms with E-state index in [1.165, 1.54) is 5.56 Å². The van der Waals surface area contributed by atoms with Gasteiger partial charge in [0.15, 0.2) is 0 Å². The molecule has 1 aliphatic rings. The molecule has 0 aliphatic carbocycles. The molecule has 4 aromatic carbocycles. The maximum atomic E-state index is 12.1. The highest BCUT2D eigenvalue weighted by Crippen LogP contribution is 2.42. The van der Waals surface area contributed by atoms with E-state index in [4.69, 9.17) is 5.11 Å². The molecule has 5 nitrogen and oxygen atoms in total. The van der Waals surface area contributed by atoms with Gasteiger partial charge in [0.2, 0.25) is 0 Å². The number of nitrogens with zero attached hydrogens (tertiary/aromatic N) is 1. The zero-order valence-electron chi connectivity index (χ0n) is 28.8. The fraction of sp³-hybridized carbons (Fsp3) is 0.405. The molecule has 4 aromatic rings. The van der Waals surface area contributed by atoms with E-state index in [1.54, 1.807) is 0 Å². The van der Waals surface area contributed by atoms with Crippen LogP contribution >= 0.6 is 0 Å². The Balaban J connectivity index is 0.000000351. The van der Waals surface area contributed by atoms with Crippen LogP contribution < -0.4 is 0 Å². The number of aliphatic carboxylic acids is 1. The van der Waals surface area contributed by atoms with Gasteiger partial charge < -0.3 is 20.2 Å². The minimum absolute atomic E-state index is 0.119. The maximum absolute atomic E-state index is 12.1. The summed E-state index contributed by atoms with van der Waals surface area (Å²) in [5, 5.41) is 31.3. The molecule has 1 heterocycles. The van der Waals surface area contributed by atoms with Gasteiger partial charge in [0.25, 0.3) is 0 Å². The van der Waals surface area contributed by atoms with Crippen LogP contribution in [0.25, 0.3) is 0 Å². The van der Waals surface area contributed by atoms with Crippen molar-refractivity contribution in [2.24, 2.45) is 5.92 Å². The zero-order chi connectivity index (χ0) is 34.0. The van der Waals surface area contributed by atoms with Crippen LogP contribution in [0.5, 0.6) is 0 Å². The Bertz CT molecular complexity index is 1500. The van der Waals surface area contributed by atoms with Gasteiger partial charge in [-0.15, -0.1) is 0 Å². The predicted octanol–water partition coefficient (Wildman–Crippen LogP) is 8.38. The van der Waals surface area contributed by atoms with E-state index in [-0.39, 0.29) is 17.8 Å². The summed E-state index contributed by atoms with van der Waals surface area (Å²) >= 11 is 0. The largest absolute Gasteiger partial charge is 0.481 e. The Morgan fingerprint density at radius 1 is 0.787 bits per heavy atom. The highest BCUT2D eigenvalue weighted by atomic mass is 16.4. The summed E-state index contributed by atoms with van der Waals surface area (Å²) in [7, 11) is 0. The van der Waals surface area contributed by atoms with Crippen LogP contribution in [0.3, 0.4) is 0 Å². The van der Waals surface area contributed by atoms with Crippen molar-refractivity contribution in [3.63, 3.8) is 0 Å². The molecule has 1 fully saturated rings. The molecule has 1 saturated heterocycles. The molecule has 0 bridgehead atoms. The van der Waals surface area contributed by atoms with Gasteiger partial charge in [0, 0.05) is 0 Å². The number of likely N-dealkylation sites (tertiary alicyclic amines) is 1. The number of carbonyl (C=O) groups is 1. The summed E-state index contributed by atoms with van der Waals surface area (Å²) in [6.07, 6.45) is 3.35. The van der Waals surface area contributed by atoms with Gasteiger partial charge in [-0.2, -0.15) is 0 Å². The number of hydrogen-bond donors (Lipinski definition) is 3. The molecule has 0 saturated carbocycles. The molecular formula is C42H53NO4. The molecule has 5 rings (SSSR count). The van der Waals surface area contributed by atoms with Crippen molar-refractivity contribution in [1.29, 1.82) is 0 Å². The smallest absolute Gasteiger partial charge is 0.307 e. The van der Waals surface area contributed by atoms with E-state index in [0.717, 1.165) is 78.7 Å². The van der Waals surface area contributed by atoms with E-state index in [0.29, 0.717) is 0 Å². The van der Waals surface area contributed by atoms with Crippen LogP contribution in [-0.2, 0) is 22.2 Å². The number of aliphatic hydroxyl groups is 2. The first-order chi connectivity index (χ1) is 22.4. The SMILES string of the molecule is CC(C)(C)c1ccc(C(O)CCCN2CCC(C(O)(c3ccccc3)c3ccccc3)CC2)cc1.Cc1cccc(CC(=O)O)c1C. The molecule has 5 heteroatoms. The summed E-state index contributed by atoms with van der Waals surface area (Å²) < 4.78 is 0. The standard InChI is InChI=1S/C32H41NO2.C10H12O2/c1-31(2,3)26-18-16-25(17-19-26)30(34)15-10-22-33-23-20-29(21-24-33)32(35,27-11-6-4-7-12-27)28-13-8-5-9-14-28;1-7-4-3-5-9(8(7)2)6-10(11)12/h4-9,11-14,16-19,29-30,34-35H,10,15,20-24H2,1-3H3;3-5H,6H2,1-2H3,(H,11,12). The summed E-state index contributed by atoms with van der Waals surface area (Å²) in [6, 6.07) is 34.4. The van der Waals surface area contributed by atoms with E-state index >= 15 is 0 Å². The van der Waals surface area contributed by atoms with E-state index < -0.39 is 17.7 Å². The first-order valence-corrected chi connectivity index (χ1v) is 17.0. The number of hydrogen-bond acceptors (Lipinski definition) is 4. The van der Waals surface area contributed by atoms with Gasteiger partial charge in [0.1, 0.15) is 5.60 Å². The molecule has 0 amide bonds. The van der Waals surface area contributed by atoms with Gasteiger partial charge in [-0.3, -0.25) is 4.79 Å². The Morgan fingerprint density at radius 3 is 1.85 bits per heavy atom. The number of piperidine rings is 1. The van der Waals surface area contributed by atoms with Gasteiger partial charge in [-0.1, -0.05) is 124 Å². The Hall–Kier alpha value is -3.77. The van der Waals surface area contributed by atoms with Gasteiger partial charge in [-0.05, 0) is 109 Å². The number of carboxylic acid groups (broad SMARTS) is 1. The molecule has 250 valence electrons. The van der Waals surface area contributed by atoms with Crippen molar-refractivity contribution >= 4 is 5.97 Å². The quantitative estimate of drug-likeness (QED) is 0.163. The van der Waals surface area contributed by atoms with Crippen LogP contribution in [0, 0.1) is 19.8 Å². The second kappa shape index (κ2) is 16.4. The Kier molecular flexibility index (Phi) is 12.6. The fourth-order valence-corrected chi connectivity index (χ4v) is 6.64. The average Bonchev–Trinajstić information content (AvgIpc) is 3.07. The first-order valence-electron chi connectivity index (χ1n) is 17.0. The number of benzene rings is 4. The first kappa shape index (κ1) is 36.1. The van der Waals surface area contributed by atoms with Crippen LogP contribution in [0.1, 0.15) is 91.5 Å². The van der Waals surface area contributed by atoms with Crippen molar-refractivity contribution in [3.05, 3.63) is 142 Å². The monoisotopic (exact) mass is 635 g/mol. The third-order valence-electron chi connectivity index (χ3n) is 9.78. The minimum Gasteiger partial charge on any atom is -0.481 e.